The second-order valence-corrected chi connectivity index (χ2v) is 6.38. The highest BCUT2D eigenvalue weighted by molar-refractivity contribution is 9.10. The van der Waals surface area contributed by atoms with E-state index in [0.29, 0.717) is 23.8 Å². The summed E-state index contributed by atoms with van der Waals surface area (Å²) in [6, 6.07) is 12.6. The quantitative estimate of drug-likeness (QED) is 0.786. The molecule has 0 fully saturated rings. The van der Waals surface area contributed by atoms with Crippen LogP contribution in [0.25, 0.3) is 0 Å². The summed E-state index contributed by atoms with van der Waals surface area (Å²) in [4.78, 5) is 12.6. The second kappa shape index (κ2) is 7.68. The number of methoxy groups -OCH3 is 1. The summed E-state index contributed by atoms with van der Waals surface area (Å²) < 4.78 is 11.7. The molecule has 0 aliphatic carbocycles. The van der Waals surface area contributed by atoms with Gasteiger partial charge in [-0.2, -0.15) is 0 Å². The van der Waals surface area contributed by atoms with Crippen molar-refractivity contribution in [3.63, 3.8) is 0 Å². The molecule has 1 amide bonds. The van der Waals surface area contributed by atoms with Crippen molar-refractivity contribution >= 4 is 27.5 Å². The van der Waals surface area contributed by atoms with Crippen LogP contribution in [0.15, 0.2) is 46.9 Å². The Morgan fingerprint density at radius 1 is 1.21 bits per heavy atom. The van der Waals surface area contributed by atoms with Gasteiger partial charge in [0.05, 0.1) is 13.7 Å². The second-order valence-electron chi connectivity index (χ2n) is 5.46. The maximum atomic E-state index is 12.6. The third-order valence-electron chi connectivity index (χ3n) is 3.64. The molecule has 2 aromatic rings. The van der Waals surface area contributed by atoms with Crippen LogP contribution in [-0.2, 0) is 10.3 Å². The third-order valence-corrected chi connectivity index (χ3v) is 4.17. The summed E-state index contributed by atoms with van der Waals surface area (Å²) in [5.74, 6) is 0.870. The molecule has 5 nitrogen and oxygen atoms in total. The lowest BCUT2D eigenvalue weighted by molar-refractivity contribution is -0.120. The van der Waals surface area contributed by atoms with Gasteiger partial charge in [-0.3, -0.25) is 4.79 Å². The van der Waals surface area contributed by atoms with Crippen molar-refractivity contribution in [3.05, 3.63) is 52.5 Å². The van der Waals surface area contributed by atoms with E-state index < -0.39 is 5.54 Å². The van der Waals surface area contributed by atoms with E-state index in [1.807, 2.05) is 31.2 Å². The zero-order valence-corrected chi connectivity index (χ0v) is 15.5. The molecule has 2 aromatic carbocycles. The first-order valence-corrected chi connectivity index (χ1v) is 8.35. The molecule has 0 spiro atoms. The van der Waals surface area contributed by atoms with Gasteiger partial charge >= 0.3 is 0 Å². The van der Waals surface area contributed by atoms with Crippen LogP contribution in [0, 0.1) is 0 Å². The van der Waals surface area contributed by atoms with E-state index in [2.05, 4.69) is 21.2 Å². The van der Waals surface area contributed by atoms with Crippen molar-refractivity contribution in [2.24, 2.45) is 5.73 Å². The SMILES string of the molecule is CCOc1ccc(NC(=O)C(C)(N)c2ccc(Br)cc2)cc1OC. The van der Waals surface area contributed by atoms with E-state index in [1.165, 1.54) is 0 Å². The van der Waals surface area contributed by atoms with Gasteiger partial charge in [-0.25, -0.2) is 0 Å². The van der Waals surface area contributed by atoms with Crippen LogP contribution < -0.4 is 20.5 Å². The van der Waals surface area contributed by atoms with Crippen LogP contribution in [0.1, 0.15) is 19.4 Å². The molecule has 0 aliphatic rings. The fourth-order valence-corrected chi connectivity index (χ4v) is 2.47. The smallest absolute Gasteiger partial charge is 0.248 e. The van der Waals surface area contributed by atoms with E-state index >= 15 is 0 Å². The van der Waals surface area contributed by atoms with E-state index in [1.54, 1.807) is 32.2 Å². The minimum absolute atomic E-state index is 0.309. The third kappa shape index (κ3) is 4.07. The molecule has 6 heteroatoms. The van der Waals surface area contributed by atoms with Crippen LogP contribution in [-0.4, -0.2) is 19.6 Å². The average Bonchev–Trinajstić information content (AvgIpc) is 2.56. The Labute approximate surface area is 150 Å². The number of nitrogens with two attached hydrogens (primary N) is 1. The fraction of sp³-hybridized carbons (Fsp3) is 0.278. The van der Waals surface area contributed by atoms with Crippen molar-refractivity contribution in [3.8, 4) is 11.5 Å². The monoisotopic (exact) mass is 392 g/mol. The Morgan fingerprint density at radius 2 is 1.88 bits per heavy atom. The Bertz CT molecular complexity index is 715. The van der Waals surface area contributed by atoms with Crippen LogP contribution in [0.3, 0.4) is 0 Å². The zero-order valence-electron chi connectivity index (χ0n) is 13.9. The predicted molar refractivity (Wildman–Crippen MR) is 98.5 cm³/mol. The molecule has 0 heterocycles. The van der Waals surface area contributed by atoms with Crippen molar-refractivity contribution in [1.82, 2.24) is 0 Å². The molecule has 24 heavy (non-hydrogen) atoms. The number of benzene rings is 2. The molecule has 1 unspecified atom stereocenters. The number of halogens is 1. The minimum atomic E-state index is -1.16. The zero-order chi connectivity index (χ0) is 17.7. The van der Waals surface area contributed by atoms with Crippen molar-refractivity contribution in [1.29, 1.82) is 0 Å². The summed E-state index contributed by atoms with van der Waals surface area (Å²) in [5, 5.41) is 2.83. The number of ether oxygens (including phenoxy) is 2. The highest BCUT2D eigenvalue weighted by Crippen LogP contribution is 2.31. The van der Waals surface area contributed by atoms with Gasteiger partial charge in [0.15, 0.2) is 11.5 Å². The van der Waals surface area contributed by atoms with Crippen LogP contribution in [0.4, 0.5) is 5.69 Å². The summed E-state index contributed by atoms with van der Waals surface area (Å²) in [6.07, 6.45) is 0. The van der Waals surface area contributed by atoms with E-state index in [9.17, 15) is 4.79 Å². The number of amides is 1. The molecule has 1 atom stereocenters. The Hall–Kier alpha value is -2.05. The lowest BCUT2D eigenvalue weighted by Crippen LogP contribution is -2.45. The number of carbonyl (C=O) groups is 1. The van der Waals surface area contributed by atoms with Gasteiger partial charge in [0, 0.05) is 16.2 Å². The van der Waals surface area contributed by atoms with Gasteiger partial charge in [-0.1, -0.05) is 28.1 Å². The molecule has 0 aliphatic heterocycles. The molecule has 128 valence electrons. The maximum absolute atomic E-state index is 12.6. The Kier molecular flexibility index (Phi) is 5.85. The van der Waals surface area contributed by atoms with Gasteiger partial charge in [-0.05, 0) is 43.7 Å². The fourth-order valence-electron chi connectivity index (χ4n) is 2.21. The Morgan fingerprint density at radius 3 is 2.46 bits per heavy atom. The first-order chi connectivity index (χ1) is 11.4. The van der Waals surface area contributed by atoms with Crippen molar-refractivity contribution in [2.45, 2.75) is 19.4 Å². The number of nitrogens with one attached hydrogen (secondary N) is 1. The number of anilines is 1. The number of hydrogen-bond acceptors (Lipinski definition) is 4. The van der Waals surface area contributed by atoms with Gasteiger partial charge in [-0.15, -0.1) is 0 Å². The van der Waals surface area contributed by atoms with Gasteiger partial charge in [0.1, 0.15) is 5.54 Å². The summed E-state index contributed by atoms with van der Waals surface area (Å²) in [6.45, 7) is 4.11. The molecular weight excluding hydrogens is 372 g/mol. The lowest BCUT2D eigenvalue weighted by atomic mass is 9.92. The maximum Gasteiger partial charge on any atom is 0.248 e. The number of hydrogen-bond donors (Lipinski definition) is 2. The molecule has 0 bridgehead atoms. The highest BCUT2D eigenvalue weighted by atomic mass is 79.9. The van der Waals surface area contributed by atoms with Crippen molar-refractivity contribution in [2.75, 3.05) is 19.0 Å². The predicted octanol–water partition coefficient (Wildman–Crippen LogP) is 3.67. The van der Waals surface area contributed by atoms with Crippen molar-refractivity contribution < 1.29 is 14.3 Å². The van der Waals surface area contributed by atoms with Gasteiger partial charge in [0.25, 0.3) is 0 Å². The van der Waals surface area contributed by atoms with E-state index in [4.69, 9.17) is 15.2 Å². The molecule has 0 saturated carbocycles. The molecule has 2 rings (SSSR count). The molecule has 0 saturated heterocycles. The molecule has 0 aromatic heterocycles. The van der Waals surface area contributed by atoms with Gasteiger partial charge in [0.2, 0.25) is 5.91 Å². The number of carbonyl (C=O) groups excluding carboxylic acids is 1. The van der Waals surface area contributed by atoms with Crippen LogP contribution >= 0.6 is 15.9 Å². The number of rotatable bonds is 6. The summed E-state index contributed by atoms with van der Waals surface area (Å²) >= 11 is 3.37. The minimum Gasteiger partial charge on any atom is -0.493 e. The normalized spacial score (nSPS) is 13.0. The van der Waals surface area contributed by atoms with Crippen LogP contribution in [0.5, 0.6) is 11.5 Å². The van der Waals surface area contributed by atoms with E-state index in [-0.39, 0.29) is 5.91 Å². The Balaban J connectivity index is 2.20. The van der Waals surface area contributed by atoms with E-state index in [0.717, 1.165) is 10.0 Å². The average molecular weight is 393 g/mol. The highest BCUT2D eigenvalue weighted by Gasteiger charge is 2.30. The summed E-state index contributed by atoms with van der Waals surface area (Å²) in [5.41, 5.74) is 6.40. The van der Waals surface area contributed by atoms with Crippen LogP contribution in [0.2, 0.25) is 0 Å². The van der Waals surface area contributed by atoms with Gasteiger partial charge < -0.3 is 20.5 Å². The molecule has 3 N–H and O–H groups in total. The molecular formula is C18H21BrN2O3. The first-order valence-electron chi connectivity index (χ1n) is 7.55. The topological polar surface area (TPSA) is 73.6 Å². The summed E-state index contributed by atoms with van der Waals surface area (Å²) in [7, 11) is 1.55. The molecule has 0 radical (unpaired) electrons. The largest absolute Gasteiger partial charge is 0.493 e. The standard InChI is InChI=1S/C18H21BrN2O3/c1-4-24-15-10-9-14(11-16(15)23-3)21-17(22)18(2,20)12-5-7-13(19)8-6-12/h5-11H,4,20H2,1-3H3,(H,21,22). The lowest BCUT2D eigenvalue weighted by Gasteiger charge is -2.24. The first kappa shape index (κ1) is 18.3.